The summed E-state index contributed by atoms with van der Waals surface area (Å²) in [6.07, 6.45) is 1.45. The van der Waals surface area contributed by atoms with Gasteiger partial charge in [-0.25, -0.2) is 0 Å². The molecule has 3 rings (SSSR count). The number of benzene rings is 2. The second-order valence-electron chi connectivity index (χ2n) is 5.24. The zero-order valence-corrected chi connectivity index (χ0v) is 16.3. The molecule has 0 aromatic heterocycles. The first-order valence-corrected chi connectivity index (χ1v) is 10.1. The number of amides is 1. The lowest BCUT2D eigenvalue weighted by atomic mass is 10.1. The Morgan fingerprint density at radius 2 is 1.89 bits per heavy atom. The number of carbonyl (C=O) groups excluding carboxylic acids is 1. The van der Waals surface area contributed by atoms with E-state index in [4.69, 9.17) is 26.3 Å². The summed E-state index contributed by atoms with van der Waals surface area (Å²) in [6.45, 7) is 0. The van der Waals surface area contributed by atoms with Crippen molar-refractivity contribution >= 4 is 50.6 Å². The van der Waals surface area contributed by atoms with E-state index in [1.807, 2.05) is 0 Å². The molecule has 0 spiro atoms. The number of amidine groups is 1. The van der Waals surface area contributed by atoms with Crippen LogP contribution < -0.4 is 14.7 Å². The van der Waals surface area contributed by atoms with E-state index in [9.17, 15) is 13.2 Å². The van der Waals surface area contributed by atoms with Gasteiger partial charge in [-0.2, -0.15) is 13.4 Å². The van der Waals surface area contributed by atoms with Crippen molar-refractivity contribution in [2.24, 2.45) is 10.7 Å². The van der Waals surface area contributed by atoms with Crippen molar-refractivity contribution in [3.05, 3.63) is 58.0 Å². The van der Waals surface area contributed by atoms with E-state index in [1.54, 1.807) is 18.2 Å². The Morgan fingerprint density at radius 1 is 1.19 bits per heavy atom. The van der Waals surface area contributed by atoms with Crippen LogP contribution in [0.2, 0.25) is 5.02 Å². The number of rotatable bonds is 5. The topological polar surface area (TPSA) is 108 Å². The smallest absolute Gasteiger partial charge is 0.339 e. The number of hydrogen-bond acceptors (Lipinski definition) is 7. The van der Waals surface area contributed by atoms with Crippen LogP contribution in [0.5, 0.6) is 11.5 Å². The van der Waals surface area contributed by atoms with Crippen molar-refractivity contribution < 1.29 is 22.1 Å². The van der Waals surface area contributed by atoms with Gasteiger partial charge in [-0.1, -0.05) is 23.7 Å². The van der Waals surface area contributed by atoms with Crippen molar-refractivity contribution in [3.8, 4) is 11.5 Å². The second kappa shape index (κ2) is 7.63. The van der Waals surface area contributed by atoms with Crippen molar-refractivity contribution in [1.29, 1.82) is 0 Å². The van der Waals surface area contributed by atoms with Crippen LogP contribution in [0, 0.1) is 0 Å². The minimum absolute atomic E-state index is 0.0543. The van der Waals surface area contributed by atoms with Crippen LogP contribution in [0.4, 0.5) is 0 Å². The molecule has 1 amide bonds. The highest BCUT2D eigenvalue weighted by atomic mass is 35.5. The number of nitrogens with two attached hydrogens (primary N) is 1. The van der Waals surface area contributed by atoms with E-state index in [0.717, 1.165) is 11.8 Å². The van der Waals surface area contributed by atoms with Gasteiger partial charge >= 0.3 is 10.1 Å². The summed E-state index contributed by atoms with van der Waals surface area (Å²) in [7, 11) is -2.78. The first kappa shape index (κ1) is 19.3. The summed E-state index contributed by atoms with van der Waals surface area (Å²) in [6, 6.07) is 10.3. The van der Waals surface area contributed by atoms with Gasteiger partial charge in [0, 0.05) is 10.6 Å². The molecule has 2 N–H and O–H groups in total. The maximum absolute atomic E-state index is 12.6. The summed E-state index contributed by atoms with van der Waals surface area (Å²) in [5, 5.41) is 0.511. The quantitative estimate of drug-likeness (QED) is 0.580. The number of ether oxygens (including phenoxy) is 1. The Labute approximate surface area is 165 Å². The molecule has 0 atom stereocenters. The summed E-state index contributed by atoms with van der Waals surface area (Å²) < 4.78 is 35.8. The minimum atomic E-state index is -4.16. The predicted molar refractivity (Wildman–Crippen MR) is 104 cm³/mol. The SMILES string of the molecule is COc1cccc(C=C2SC(N)=NC2=O)c1OS(=O)(=O)c1ccc(Cl)cc1. The van der Waals surface area contributed by atoms with E-state index in [1.165, 1.54) is 37.5 Å². The van der Waals surface area contributed by atoms with Gasteiger partial charge in [0.25, 0.3) is 5.91 Å². The van der Waals surface area contributed by atoms with Crippen molar-refractivity contribution in [1.82, 2.24) is 0 Å². The second-order valence-corrected chi connectivity index (χ2v) is 8.28. The number of carbonyl (C=O) groups is 1. The predicted octanol–water partition coefficient (Wildman–Crippen LogP) is 3.05. The highest BCUT2D eigenvalue weighted by Gasteiger charge is 2.24. The van der Waals surface area contributed by atoms with Gasteiger partial charge < -0.3 is 14.7 Å². The zero-order chi connectivity index (χ0) is 19.6. The maximum atomic E-state index is 12.6. The molecule has 1 aliphatic rings. The fourth-order valence-corrected chi connectivity index (χ4v) is 3.98. The fraction of sp³-hybridized carbons (Fsp3) is 0.0588. The highest BCUT2D eigenvalue weighted by molar-refractivity contribution is 8.18. The van der Waals surface area contributed by atoms with Crippen LogP contribution in [0.15, 0.2) is 57.3 Å². The van der Waals surface area contributed by atoms with E-state index < -0.39 is 16.0 Å². The number of halogens is 1. The van der Waals surface area contributed by atoms with E-state index >= 15 is 0 Å². The van der Waals surface area contributed by atoms with Crippen LogP contribution in [0.3, 0.4) is 0 Å². The number of para-hydroxylation sites is 1. The molecule has 0 aliphatic carbocycles. The number of methoxy groups -OCH3 is 1. The Hall–Kier alpha value is -2.49. The Morgan fingerprint density at radius 3 is 2.48 bits per heavy atom. The number of thioether (sulfide) groups is 1. The van der Waals surface area contributed by atoms with Crippen LogP contribution in [-0.4, -0.2) is 26.6 Å². The molecule has 0 saturated carbocycles. The molecule has 2 aromatic rings. The van der Waals surface area contributed by atoms with Crippen molar-refractivity contribution in [3.63, 3.8) is 0 Å². The molecule has 0 bridgehead atoms. The molecule has 0 fully saturated rings. The van der Waals surface area contributed by atoms with E-state index in [-0.39, 0.29) is 26.5 Å². The van der Waals surface area contributed by atoms with Crippen LogP contribution >= 0.6 is 23.4 Å². The van der Waals surface area contributed by atoms with Gasteiger partial charge in [0.15, 0.2) is 16.7 Å². The third-order valence-electron chi connectivity index (χ3n) is 3.45. The van der Waals surface area contributed by atoms with Crippen LogP contribution in [0.1, 0.15) is 5.56 Å². The molecule has 1 heterocycles. The molecule has 7 nitrogen and oxygen atoms in total. The summed E-state index contributed by atoms with van der Waals surface area (Å²) in [5.74, 6) is -0.376. The number of nitrogens with zero attached hydrogens (tertiary/aromatic N) is 1. The highest BCUT2D eigenvalue weighted by Crippen LogP contribution is 2.37. The van der Waals surface area contributed by atoms with Gasteiger partial charge in [0.1, 0.15) is 4.90 Å². The molecule has 0 unspecified atom stereocenters. The van der Waals surface area contributed by atoms with Gasteiger partial charge in [0.2, 0.25) is 0 Å². The monoisotopic (exact) mass is 424 g/mol. The van der Waals surface area contributed by atoms with E-state index in [0.29, 0.717) is 10.6 Å². The molecule has 27 heavy (non-hydrogen) atoms. The third kappa shape index (κ3) is 4.26. The molecular weight excluding hydrogens is 412 g/mol. The number of hydrogen-bond donors (Lipinski definition) is 1. The minimum Gasteiger partial charge on any atom is -0.493 e. The normalized spacial score (nSPS) is 15.7. The summed E-state index contributed by atoms with van der Waals surface area (Å²) in [4.78, 5) is 15.6. The lowest BCUT2D eigenvalue weighted by molar-refractivity contribution is -0.113. The Kier molecular flexibility index (Phi) is 5.45. The largest absolute Gasteiger partial charge is 0.493 e. The van der Waals surface area contributed by atoms with Gasteiger partial charge in [-0.05, 0) is 48.2 Å². The van der Waals surface area contributed by atoms with Crippen LogP contribution in [0.25, 0.3) is 6.08 Å². The standard InChI is InChI=1S/C17H13ClN2O5S2/c1-24-13-4-2-3-10(9-14-16(21)20-17(19)26-14)15(13)25-27(22,23)12-7-5-11(18)6-8-12/h2-9H,1H3,(H2,19,20,21). The van der Waals surface area contributed by atoms with Gasteiger partial charge in [0.05, 0.1) is 12.0 Å². The lowest BCUT2D eigenvalue weighted by Gasteiger charge is -2.13. The molecule has 0 radical (unpaired) electrons. The average Bonchev–Trinajstić information content (AvgIpc) is 2.93. The molecule has 2 aromatic carbocycles. The first-order valence-electron chi connectivity index (χ1n) is 7.45. The molecule has 1 aliphatic heterocycles. The van der Waals surface area contributed by atoms with Crippen molar-refractivity contribution in [2.75, 3.05) is 7.11 Å². The van der Waals surface area contributed by atoms with E-state index in [2.05, 4.69) is 4.99 Å². The summed E-state index contributed by atoms with van der Waals surface area (Å²) in [5.41, 5.74) is 5.87. The zero-order valence-electron chi connectivity index (χ0n) is 13.9. The molecule has 140 valence electrons. The maximum Gasteiger partial charge on any atom is 0.339 e. The molecule has 10 heteroatoms. The van der Waals surface area contributed by atoms with Crippen LogP contribution in [-0.2, 0) is 14.9 Å². The third-order valence-corrected chi connectivity index (χ3v) is 5.75. The average molecular weight is 425 g/mol. The fourth-order valence-electron chi connectivity index (χ4n) is 2.22. The first-order chi connectivity index (χ1) is 12.8. The van der Waals surface area contributed by atoms with Gasteiger partial charge in [-0.3, -0.25) is 4.79 Å². The summed E-state index contributed by atoms with van der Waals surface area (Å²) >= 11 is 6.78. The van der Waals surface area contributed by atoms with Crippen molar-refractivity contribution in [2.45, 2.75) is 4.90 Å². The molecule has 0 saturated heterocycles. The Balaban J connectivity index is 2.03. The van der Waals surface area contributed by atoms with Gasteiger partial charge in [-0.15, -0.1) is 0 Å². The Bertz CT molecular complexity index is 1060. The molecular formula is C17H13ClN2O5S2. The lowest BCUT2D eigenvalue weighted by Crippen LogP contribution is -2.11. The number of aliphatic imine (C=N–C) groups is 1.